The van der Waals surface area contributed by atoms with Gasteiger partial charge in [0.2, 0.25) is 5.91 Å². The van der Waals surface area contributed by atoms with Crippen LogP contribution < -0.4 is 5.32 Å². The molecule has 0 aromatic heterocycles. The molecule has 88 valence electrons. The number of carbonyl (C=O) groups is 1. The van der Waals surface area contributed by atoms with Gasteiger partial charge in [-0.1, -0.05) is 0 Å². The lowest BCUT2D eigenvalue weighted by molar-refractivity contribution is -0.130. The molecule has 0 aromatic carbocycles. The molecular formula is C9H15F2NO3. The third-order valence-electron chi connectivity index (χ3n) is 2.34. The summed E-state index contributed by atoms with van der Waals surface area (Å²) in [5, 5.41) is 10.4. The Morgan fingerprint density at radius 2 is 2.07 bits per heavy atom. The highest BCUT2D eigenvalue weighted by molar-refractivity contribution is 5.78. The molecule has 0 radical (unpaired) electrons. The van der Waals surface area contributed by atoms with Crippen LogP contribution in [0.4, 0.5) is 8.78 Å². The lowest BCUT2D eigenvalue weighted by Crippen LogP contribution is -2.42. The number of aliphatic hydroxyl groups is 1. The molecule has 1 aliphatic rings. The Kier molecular flexibility index (Phi) is 4.41. The van der Waals surface area contributed by atoms with Gasteiger partial charge in [0.05, 0.1) is 6.54 Å². The maximum Gasteiger partial charge on any atom is 0.287 e. The van der Waals surface area contributed by atoms with Crippen molar-refractivity contribution in [1.29, 1.82) is 0 Å². The minimum Gasteiger partial charge on any atom is -0.390 e. The molecule has 1 fully saturated rings. The highest BCUT2D eigenvalue weighted by atomic mass is 19.3. The highest BCUT2D eigenvalue weighted by Gasteiger charge is 2.30. The average Bonchev–Trinajstić information content (AvgIpc) is 2.27. The second-order valence-electron chi connectivity index (χ2n) is 3.62. The molecule has 0 atom stereocenters. The first-order valence-corrected chi connectivity index (χ1v) is 4.89. The van der Waals surface area contributed by atoms with Crippen LogP contribution in [0.5, 0.6) is 0 Å². The molecule has 0 bridgehead atoms. The Labute approximate surface area is 86.6 Å². The van der Waals surface area contributed by atoms with E-state index in [-0.39, 0.29) is 11.8 Å². The molecule has 15 heavy (non-hydrogen) atoms. The van der Waals surface area contributed by atoms with Gasteiger partial charge in [0.1, 0.15) is 6.61 Å². The number of nitrogens with one attached hydrogen (secondary N) is 1. The average molecular weight is 223 g/mol. The third-order valence-corrected chi connectivity index (χ3v) is 2.34. The molecule has 2 N–H and O–H groups in total. The van der Waals surface area contributed by atoms with Crippen molar-refractivity contribution >= 4 is 5.91 Å². The molecule has 1 rings (SSSR count). The van der Waals surface area contributed by atoms with Gasteiger partial charge in [0.25, 0.3) is 5.92 Å². The van der Waals surface area contributed by atoms with Crippen molar-refractivity contribution in [3.8, 4) is 0 Å². The van der Waals surface area contributed by atoms with Crippen LogP contribution >= 0.6 is 0 Å². The van der Waals surface area contributed by atoms with E-state index >= 15 is 0 Å². The van der Waals surface area contributed by atoms with Gasteiger partial charge < -0.3 is 15.2 Å². The van der Waals surface area contributed by atoms with Gasteiger partial charge in [-0.3, -0.25) is 4.79 Å². The van der Waals surface area contributed by atoms with Crippen molar-refractivity contribution in [3.63, 3.8) is 0 Å². The quantitative estimate of drug-likeness (QED) is 0.713. The Hall–Kier alpha value is -0.750. The van der Waals surface area contributed by atoms with Crippen LogP contribution in [0.25, 0.3) is 0 Å². The van der Waals surface area contributed by atoms with Crippen molar-refractivity contribution in [3.05, 3.63) is 0 Å². The van der Waals surface area contributed by atoms with Gasteiger partial charge in [-0.05, 0) is 12.8 Å². The maximum absolute atomic E-state index is 12.6. The van der Waals surface area contributed by atoms with Crippen molar-refractivity contribution in [1.82, 2.24) is 5.32 Å². The molecule has 0 aliphatic carbocycles. The number of hydrogen-bond donors (Lipinski definition) is 2. The maximum atomic E-state index is 12.6. The number of aliphatic hydroxyl groups excluding tert-OH is 1. The molecule has 6 heteroatoms. The number of amides is 1. The monoisotopic (exact) mass is 223 g/mol. The highest BCUT2D eigenvalue weighted by Crippen LogP contribution is 2.15. The lowest BCUT2D eigenvalue weighted by atomic mass is 9.99. The van der Waals surface area contributed by atoms with Crippen LogP contribution in [-0.4, -0.2) is 43.3 Å². The second kappa shape index (κ2) is 5.37. The third kappa shape index (κ3) is 4.09. The summed E-state index contributed by atoms with van der Waals surface area (Å²) in [7, 11) is 0. The molecule has 0 aromatic rings. The number of rotatable bonds is 4. The molecule has 4 nitrogen and oxygen atoms in total. The Bertz CT molecular complexity index is 217. The first-order chi connectivity index (χ1) is 7.05. The molecule has 1 aliphatic heterocycles. The van der Waals surface area contributed by atoms with Crippen LogP contribution in [0.15, 0.2) is 0 Å². The van der Waals surface area contributed by atoms with E-state index in [1.165, 1.54) is 0 Å². The second-order valence-corrected chi connectivity index (χ2v) is 3.62. The lowest BCUT2D eigenvalue weighted by Gasteiger charge is -2.22. The summed E-state index contributed by atoms with van der Waals surface area (Å²) in [6.07, 6.45) is 1.13. The van der Waals surface area contributed by atoms with Crippen LogP contribution in [0, 0.1) is 5.92 Å². The van der Waals surface area contributed by atoms with Crippen LogP contribution in [0.3, 0.4) is 0 Å². The molecule has 0 spiro atoms. The zero-order valence-electron chi connectivity index (χ0n) is 8.34. The Morgan fingerprint density at radius 1 is 1.47 bits per heavy atom. The number of ether oxygens (including phenoxy) is 1. The molecule has 0 saturated carbocycles. The molecule has 1 heterocycles. The van der Waals surface area contributed by atoms with E-state index in [9.17, 15) is 13.6 Å². The standard InChI is InChI=1S/C9H15F2NO3/c10-9(11,6-13)5-12-8(14)7-1-3-15-4-2-7/h7,13H,1-6H2,(H,12,14). The molecule has 0 unspecified atom stereocenters. The predicted molar refractivity (Wildman–Crippen MR) is 48.6 cm³/mol. The van der Waals surface area contributed by atoms with Gasteiger partial charge in [0.15, 0.2) is 0 Å². The van der Waals surface area contributed by atoms with E-state index in [1.54, 1.807) is 0 Å². The zero-order chi connectivity index (χ0) is 11.3. The van der Waals surface area contributed by atoms with E-state index < -0.39 is 19.1 Å². The van der Waals surface area contributed by atoms with Crippen molar-refractivity contribution in [2.75, 3.05) is 26.4 Å². The summed E-state index contributed by atoms with van der Waals surface area (Å²) < 4.78 is 30.2. The summed E-state index contributed by atoms with van der Waals surface area (Å²) in [6.45, 7) is -1.07. The number of carbonyl (C=O) groups excluding carboxylic acids is 1. The van der Waals surface area contributed by atoms with Crippen LogP contribution in [0.2, 0.25) is 0 Å². The van der Waals surface area contributed by atoms with E-state index in [1.807, 2.05) is 0 Å². The van der Waals surface area contributed by atoms with Gasteiger partial charge >= 0.3 is 0 Å². The van der Waals surface area contributed by atoms with E-state index in [2.05, 4.69) is 5.32 Å². The van der Waals surface area contributed by atoms with Gasteiger partial charge in [-0.2, -0.15) is 0 Å². The van der Waals surface area contributed by atoms with E-state index in [0.29, 0.717) is 26.1 Å². The SMILES string of the molecule is O=C(NCC(F)(F)CO)C1CCOCC1. The summed E-state index contributed by atoms with van der Waals surface area (Å²) in [6, 6.07) is 0. The van der Waals surface area contributed by atoms with Gasteiger partial charge in [0, 0.05) is 19.1 Å². The summed E-state index contributed by atoms with van der Waals surface area (Å²) >= 11 is 0. The Morgan fingerprint density at radius 3 is 2.60 bits per heavy atom. The van der Waals surface area contributed by atoms with Crippen molar-refractivity contribution < 1.29 is 23.4 Å². The van der Waals surface area contributed by atoms with Gasteiger partial charge in [-0.25, -0.2) is 8.78 Å². The van der Waals surface area contributed by atoms with Crippen LogP contribution in [-0.2, 0) is 9.53 Å². The fourth-order valence-corrected chi connectivity index (χ4v) is 1.38. The number of alkyl halides is 2. The molecule has 1 saturated heterocycles. The molecule has 1 amide bonds. The number of halogens is 2. The summed E-state index contributed by atoms with van der Waals surface area (Å²) in [5.41, 5.74) is 0. The van der Waals surface area contributed by atoms with E-state index in [0.717, 1.165) is 0 Å². The predicted octanol–water partition coefficient (Wildman–Crippen LogP) is 0.157. The summed E-state index contributed by atoms with van der Waals surface area (Å²) in [5.74, 6) is -3.86. The van der Waals surface area contributed by atoms with Crippen molar-refractivity contribution in [2.24, 2.45) is 5.92 Å². The van der Waals surface area contributed by atoms with E-state index in [4.69, 9.17) is 9.84 Å². The first-order valence-electron chi connectivity index (χ1n) is 4.89. The summed E-state index contributed by atoms with van der Waals surface area (Å²) in [4.78, 5) is 11.4. The minimum atomic E-state index is -3.24. The zero-order valence-corrected chi connectivity index (χ0v) is 8.34. The molecular weight excluding hydrogens is 208 g/mol. The normalized spacial score (nSPS) is 18.9. The largest absolute Gasteiger partial charge is 0.390 e. The Balaban J connectivity index is 2.28. The minimum absolute atomic E-state index is 0.242. The number of hydrogen-bond acceptors (Lipinski definition) is 3. The van der Waals surface area contributed by atoms with Crippen LogP contribution in [0.1, 0.15) is 12.8 Å². The van der Waals surface area contributed by atoms with Crippen molar-refractivity contribution in [2.45, 2.75) is 18.8 Å². The van der Waals surface area contributed by atoms with Gasteiger partial charge in [-0.15, -0.1) is 0 Å². The first kappa shape index (κ1) is 12.3. The fraction of sp³-hybridized carbons (Fsp3) is 0.889. The topological polar surface area (TPSA) is 58.6 Å². The smallest absolute Gasteiger partial charge is 0.287 e. The fourth-order valence-electron chi connectivity index (χ4n) is 1.38.